The molecule has 0 saturated carbocycles. The highest BCUT2D eigenvalue weighted by Crippen LogP contribution is 2.17. The molecule has 0 atom stereocenters. The van der Waals surface area contributed by atoms with Crippen LogP contribution in [0.25, 0.3) is 10.9 Å². The second kappa shape index (κ2) is 10.7. The van der Waals surface area contributed by atoms with Gasteiger partial charge in [0.25, 0.3) is 15.6 Å². The van der Waals surface area contributed by atoms with E-state index in [-0.39, 0.29) is 48.8 Å². The minimum absolute atomic E-state index is 0. The summed E-state index contributed by atoms with van der Waals surface area (Å²) < 4.78 is 29.4. The van der Waals surface area contributed by atoms with Gasteiger partial charge in [-0.15, -0.1) is 3.97 Å². The van der Waals surface area contributed by atoms with Crippen LogP contribution in [0.3, 0.4) is 0 Å². The van der Waals surface area contributed by atoms with Crippen LogP contribution in [-0.2, 0) is 27.9 Å². The van der Waals surface area contributed by atoms with Gasteiger partial charge in [-0.25, -0.2) is 17.8 Å². The zero-order valence-corrected chi connectivity index (χ0v) is 22.1. The number of nitrogens with zero attached hydrogens (tertiary/aromatic N) is 3. The van der Waals surface area contributed by atoms with Gasteiger partial charge in [0, 0.05) is 11.1 Å². The van der Waals surface area contributed by atoms with Crippen LogP contribution in [0.5, 0.6) is 0 Å². The molecule has 35 heavy (non-hydrogen) atoms. The molecule has 1 amide bonds. The summed E-state index contributed by atoms with van der Waals surface area (Å²) in [5, 5.41) is 2.84. The standard InChI is InChI=1S/C23H19ClN4O5S.HI/c1-2-26-12-6-7-17(14-26)25-21(29)15-27-20-13-16(24)10-11-19(20)22(30)28(23(27)31)34(32,33)18-8-4-3-5-9-18;/h3-14H,2,15H2,1H3;1H. The first-order valence-electron chi connectivity index (χ1n) is 10.3. The van der Waals surface area contributed by atoms with Crippen LogP contribution in [0.4, 0.5) is 5.69 Å². The predicted molar refractivity (Wildman–Crippen MR) is 127 cm³/mol. The molecule has 0 fully saturated rings. The number of nitrogens with one attached hydrogen (secondary N) is 1. The SMILES string of the molecule is CC[n+]1cccc(NC(=O)Cn2c(=O)n(S(=O)(=O)c3ccccc3)c(=O)c3ccc(Cl)cc32)c1.[I-]. The minimum Gasteiger partial charge on any atom is -1.00 e. The second-order valence-corrected chi connectivity index (χ2v) is 9.61. The Morgan fingerprint density at radius 2 is 1.77 bits per heavy atom. The normalized spacial score (nSPS) is 11.1. The molecule has 0 saturated heterocycles. The summed E-state index contributed by atoms with van der Waals surface area (Å²) in [5.74, 6) is -0.584. The average molecular weight is 627 g/mol. The Bertz CT molecular complexity index is 1640. The smallest absolute Gasteiger partial charge is 0.346 e. The summed E-state index contributed by atoms with van der Waals surface area (Å²) in [6.07, 6.45) is 3.55. The van der Waals surface area contributed by atoms with Crippen molar-refractivity contribution in [3.8, 4) is 0 Å². The van der Waals surface area contributed by atoms with Crippen molar-refractivity contribution in [1.82, 2.24) is 8.54 Å². The van der Waals surface area contributed by atoms with E-state index in [9.17, 15) is 22.8 Å². The number of hydrogen-bond donors (Lipinski definition) is 1. The van der Waals surface area contributed by atoms with Crippen LogP contribution in [0.1, 0.15) is 6.92 Å². The molecule has 0 aliphatic heterocycles. The largest absolute Gasteiger partial charge is 1.00 e. The fourth-order valence-corrected chi connectivity index (χ4v) is 5.02. The minimum atomic E-state index is -4.53. The van der Waals surface area contributed by atoms with Gasteiger partial charge in [0.15, 0.2) is 12.4 Å². The van der Waals surface area contributed by atoms with Gasteiger partial charge < -0.3 is 29.3 Å². The number of aryl methyl sites for hydroxylation is 1. The third kappa shape index (κ3) is 5.31. The summed E-state index contributed by atoms with van der Waals surface area (Å²) >= 11 is 6.07. The quantitative estimate of drug-likeness (QED) is 0.218. The van der Waals surface area contributed by atoms with E-state index in [2.05, 4.69) is 5.32 Å². The molecular weight excluding hydrogens is 607 g/mol. The van der Waals surface area contributed by atoms with E-state index < -0.39 is 33.7 Å². The van der Waals surface area contributed by atoms with E-state index >= 15 is 0 Å². The van der Waals surface area contributed by atoms with Crippen LogP contribution in [-0.4, -0.2) is 22.9 Å². The highest BCUT2D eigenvalue weighted by molar-refractivity contribution is 7.90. The molecule has 0 aliphatic carbocycles. The number of hydrogen-bond acceptors (Lipinski definition) is 5. The number of anilines is 1. The van der Waals surface area contributed by atoms with Crippen LogP contribution in [0.2, 0.25) is 5.02 Å². The molecule has 0 spiro atoms. The van der Waals surface area contributed by atoms with E-state index in [1.54, 1.807) is 24.4 Å². The van der Waals surface area contributed by atoms with Crippen LogP contribution in [0.15, 0.2) is 87.5 Å². The molecule has 1 N–H and O–H groups in total. The lowest BCUT2D eigenvalue weighted by molar-refractivity contribution is -0.692. The fraction of sp³-hybridized carbons (Fsp3) is 0.130. The van der Waals surface area contributed by atoms with E-state index in [0.717, 1.165) is 4.57 Å². The van der Waals surface area contributed by atoms with Gasteiger partial charge in [0.1, 0.15) is 18.8 Å². The molecule has 0 aliphatic rings. The maximum Gasteiger partial charge on any atom is 0.346 e. The Hall–Kier alpha value is -3.03. The number of fused-ring (bicyclic) bond motifs is 1. The third-order valence-electron chi connectivity index (χ3n) is 5.16. The van der Waals surface area contributed by atoms with Gasteiger partial charge in [-0.05, 0) is 43.3 Å². The fourth-order valence-electron chi connectivity index (χ4n) is 3.52. The van der Waals surface area contributed by atoms with Crippen molar-refractivity contribution in [2.75, 3.05) is 5.32 Å². The lowest BCUT2D eigenvalue weighted by Gasteiger charge is -2.14. The van der Waals surface area contributed by atoms with Crippen molar-refractivity contribution in [2.24, 2.45) is 0 Å². The molecular formula is C23H20ClIN4O5S. The summed E-state index contributed by atoms with van der Waals surface area (Å²) in [5.41, 5.74) is -1.65. The summed E-state index contributed by atoms with van der Waals surface area (Å²) in [4.78, 5) is 39.0. The Labute approximate surface area is 222 Å². The summed E-state index contributed by atoms with van der Waals surface area (Å²) in [6.45, 7) is 2.09. The van der Waals surface area contributed by atoms with Gasteiger partial charge in [0.2, 0.25) is 5.91 Å². The van der Waals surface area contributed by atoms with E-state index in [1.165, 1.54) is 42.5 Å². The Kier molecular flexibility index (Phi) is 8.13. The molecule has 4 rings (SSSR count). The molecule has 2 aromatic carbocycles. The topological polar surface area (TPSA) is 111 Å². The van der Waals surface area contributed by atoms with Gasteiger partial charge >= 0.3 is 5.69 Å². The van der Waals surface area contributed by atoms with Crippen molar-refractivity contribution in [3.63, 3.8) is 0 Å². The zero-order valence-electron chi connectivity index (χ0n) is 18.4. The number of carbonyl (C=O) groups excluding carboxylic acids is 1. The second-order valence-electron chi connectivity index (χ2n) is 7.39. The van der Waals surface area contributed by atoms with Crippen LogP contribution in [0, 0.1) is 0 Å². The number of rotatable bonds is 6. The van der Waals surface area contributed by atoms with Crippen molar-refractivity contribution in [3.05, 3.63) is 98.9 Å². The first-order valence-corrected chi connectivity index (χ1v) is 12.1. The summed E-state index contributed by atoms with van der Waals surface area (Å²) in [6, 6.07) is 14.7. The Morgan fingerprint density at radius 1 is 1.06 bits per heavy atom. The molecule has 12 heteroatoms. The maximum atomic E-state index is 13.3. The molecule has 2 heterocycles. The number of amides is 1. The summed E-state index contributed by atoms with van der Waals surface area (Å²) in [7, 11) is -4.53. The maximum absolute atomic E-state index is 13.3. The zero-order chi connectivity index (χ0) is 24.5. The molecule has 4 aromatic rings. The van der Waals surface area contributed by atoms with Gasteiger partial charge in [0.05, 0.1) is 15.8 Å². The molecule has 2 aromatic heterocycles. The molecule has 0 radical (unpaired) electrons. The van der Waals surface area contributed by atoms with E-state index in [4.69, 9.17) is 11.6 Å². The number of pyridine rings is 1. The number of carbonyl (C=O) groups is 1. The number of benzene rings is 2. The lowest BCUT2D eigenvalue weighted by Crippen LogP contribution is -3.00. The van der Waals surface area contributed by atoms with Gasteiger partial charge in [-0.1, -0.05) is 29.8 Å². The predicted octanol–water partition coefficient (Wildman–Crippen LogP) is -0.996. The van der Waals surface area contributed by atoms with Crippen molar-refractivity contribution >= 4 is 44.1 Å². The monoisotopic (exact) mass is 626 g/mol. The third-order valence-corrected chi connectivity index (χ3v) is 7.07. The van der Waals surface area contributed by atoms with Gasteiger partial charge in [-0.3, -0.25) is 14.2 Å². The molecule has 9 nitrogen and oxygen atoms in total. The van der Waals surface area contributed by atoms with Crippen LogP contribution < -0.4 is 45.1 Å². The highest BCUT2D eigenvalue weighted by Gasteiger charge is 2.26. The number of halogens is 2. The molecule has 0 unspecified atom stereocenters. The molecule has 0 bridgehead atoms. The number of aromatic nitrogens is 3. The first-order chi connectivity index (χ1) is 16.2. The van der Waals surface area contributed by atoms with E-state index in [1.807, 2.05) is 17.7 Å². The van der Waals surface area contributed by atoms with Crippen molar-refractivity contribution in [1.29, 1.82) is 0 Å². The first kappa shape index (κ1) is 26.6. The molecule has 182 valence electrons. The highest BCUT2D eigenvalue weighted by atomic mass is 127. The van der Waals surface area contributed by atoms with Gasteiger partial charge in [-0.2, -0.15) is 0 Å². The Balaban J connectivity index is 0.00000342. The Morgan fingerprint density at radius 3 is 2.46 bits per heavy atom. The van der Waals surface area contributed by atoms with Crippen molar-refractivity contribution in [2.45, 2.75) is 24.9 Å². The van der Waals surface area contributed by atoms with Crippen molar-refractivity contribution < 1.29 is 41.8 Å². The van der Waals surface area contributed by atoms with Crippen LogP contribution >= 0.6 is 11.6 Å². The average Bonchev–Trinajstić information content (AvgIpc) is 2.82. The van der Waals surface area contributed by atoms with E-state index in [0.29, 0.717) is 12.2 Å². The lowest BCUT2D eigenvalue weighted by atomic mass is 10.2.